The predicted octanol–water partition coefficient (Wildman–Crippen LogP) is 5.70. The molecule has 0 radical (unpaired) electrons. The first-order chi connectivity index (χ1) is 14.5. The van der Waals surface area contributed by atoms with Crippen LogP contribution in [0.3, 0.4) is 0 Å². The third kappa shape index (κ3) is 5.38. The minimum atomic E-state index is 0.0229. The van der Waals surface area contributed by atoms with Crippen molar-refractivity contribution in [2.24, 2.45) is 5.92 Å². The Morgan fingerprint density at radius 1 is 1.10 bits per heavy atom. The van der Waals surface area contributed by atoms with Crippen molar-refractivity contribution < 1.29 is 4.79 Å². The summed E-state index contributed by atoms with van der Waals surface area (Å²) in [4.78, 5) is 15.3. The Morgan fingerprint density at radius 2 is 1.77 bits per heavy atom. The molecule has 1 N–H and O–H groups in total. The van der Waals surface area contributed by atoms with Gasteiger partial charge in [0.05, 0.1) is 0 Å². The fourth-order valence-corrected chi connectivity index (χ4v) is 5.36. The number of fused-ring (bicyclic) bond motifs is 2. The van der Waals surface area contributed by atoms with Crippen LogP contribution in [-0.4, -0.2) is 36.0 Å². The van der Waals surface area contributed by atoms with Crippen LogP contribution in [0.15, 0.2) is 48.5 Å². The van der Waals surface area contributed by atoms with E-state index >= 15 is 0 Å². The smallest absolute Gasteiger partial charge is 0.220 e. The molecule has 3 nitrogen and oxygen atoms in total. The van der Waals surface area contributed by atoms with Gasteiger partial charge in [-0.15, -0.1) is 0 Å². The zero-order valence-corrected chi connectivity index (χ0v) is 19.0. The number of carbonyl (C=O) groups is 1. The predicted molar refractivity (Wildman–Crippen MR) is 124 cm³/mol. The zero-order chi connectivity index (χ0) is 21.1. The van der Waals surface area contributed by atoms with E-state index in [0.717, 1.165) is 28.8 Å². The monoisotopic (exact) mass is 444 g/mol. The maximum absolute atomic E-state index is 12.7. The lowest BCUT2D eigenvalue weighted by atomic mass is 9.86. The average molecular weight is 445 g/mol. The Hall–Kier alpha value is -1.55. The molecule has 2 bridgehead atoms. The maximum Gasteiger partial charge on any atom is 0.220 e. The van der Waals surface area contributed by atoms with Crippen molar-refractivity contribution in [2.45, 2.75) is 57.0 Å². The molecule has 5 heteroatoms. The molecule has 0 aromatic heterocycles. The van der Waals surface area contributed by atoms with Crippen LogP contribution in [0.1, 0.15) is 49.7 Å². The molecule has 2 heterocycles. The van der Waals surface area contributed by atoms with Crippen LogP contribution in [0, 0.1) is 5.92 Å². The molecule has 30 heavy (non-hydrogen) atoms. The van der Waals surface area contributed by atoms with Gasteiger partial charge in [0, 0.05) is 41.0 Å². The Labute approximate surface area is 189 Å². The largest absolute Gasteiger partial charge is 0.353 e. The third-order valence-electron chi connectivity index (χ3n) is 6.80. The van der Waals surface area contributed by atoms with Gasteiger partial charge in [0.2, 0.25) is 5.91 Å². The van der Waals surface area contributed by atoms with Crippen molar-refractivity contribution in [3.63, 3.8) is 0 Å². The van der Waals surface area contributed by atoms with Gasteiger partial charge in [-0.05, 0) is 80.5 Å². The minimum absolute atomic E-state index is 0.0229. The molecule has 5 unspecified atom stereocenters. The van der Waals surface area contributed by atoms with Crippen LogP contribution in [0.5, 0.6) is 0 Å². The Balaban J connectivity index is 1.39. The molecule has 0 saturated carbocycles. The van der Waals surface area contributed by atoms with Crippen LogP contribution < -0.4 is 5.32 Å². The van der Waals surface area contributed by atoms with Crippen LogP contribution in [-0.2, 0) is 11.2 Å². The minimum Gasteiger partial charge on any atom is -0.353 e. The summed E-state index contributed by atoms with van der Waals surface area (Å²) in [5.74, 6) is 1.19. The van der Waals surface area contributed by atoms with Gasteiger partial charge in [-0.25, -0.2) is 0 Å². The first-order valence-corrected chi connectivity index (χ1v) is 11.8. The van der Waals surface area contributed by atoms with Gasteiger partial charge in [0.25, 0.3) is 0 Å². The van der Waals surface area contributed by atoms with Gasteiger partial charge in [0.15, 0.2) is 0 Å². The molecule has 1 amide bonds. The van der Waals surface area contributed by atoms with Crippen molar-refractivity contribution in [1.29, 1.82) is 0 Å². The second-order valence-electron chi connectivity index (χ2n) is 8.92. The van der Waals surface area contributed by atoms with E-state index in [0.29, 0.717) is 12.5 Å². The van der Waals surface area contributed by atoms with Gasteiger partial charge in [-0.3, -0.25) is 4.79 Å². The van der Waals surface area contributed by atoms with E-state index in [4.69, 9.17) is 23.2 Å². The van der Waals surface area contributed by atoms with Crippen molar-refractivity contribution >= 4 is 29.1 Å². The molecule has 2 aliphatic heterocycles. The summed E-state index contributed by atoms with van der Waals surface area (Å²) < 4.78 is 0. The highest BCUT2D eigenvalue weighted by Gasteiger charge is 2.37. The first kappa shape index (κ1) is 21.7. The van der Waals surface area contributed by atoms with E-state index in [1.807, 2.05) is 24.3 Å². The van der Waals surface area contributed by atoms with E-state index in [1.165, 1.54) is 37.1 Å². The number of benzene rings is 2. The molecule has 2 aromatic rings. The maximum atomic E-state index is 12.7. The van der Waals surface area contributed by atoms with Gasteiger partial charge in [-0.2, -0.15) is 0 Å². The number of nitrogens with zero attached hydrogens (tertiary/aromatic N) is 1. The molecule has 5 atom stereocenters. The van der Waals surface area contributed by atoms with Crippen LogP contribution in [0.2, 0.25) is 10.0 Å². The van der Waals surface area contributed by atoms with E-state index in [2.05, 4.69) is 41.4 Å². The SMILES string of the molecule is CC(NC(=O)CCC1CC2CCN1C2)C(Cc1ccc(Cl)cc1)c1ccc(Cl)cc1. The number of piperidine rings is 1. The molecule has 4 rings (SSSR count). The lowest BCUT2D eigenvalue weighted by molar-refractivity contribution is -0.122. The van der Waals surface area contributed by atoms with Crippen LogP contribution in [0.4, 0.5) is 0 Å². The second-order valence-corrected chi connectivity index (χ2v) is 9.80. The van der Waals surface area contributed by atoms with Gasteiger partial charge < -0.3 is 10.2 Å². The zero-order valence-electron chi connectivity index (χ0n) is 17.5. The summed E-state index contributed by atoms with van der Waals surface area (Å²) in [5, 5.41) is 4.74. The number of carbonyl (C=O) groups excluding carboxylic acids is 1. The number of hydrogen-bond acceptors (Lipinski definition) is 2. The topological polar surface area (TPSA) is 32.3 Å². The number of hydrogen-bond donors (Lipinski definition) is 1. The number of amides is 1. The third-order valence-corrected chi connectivity index (χ3v) is 7.31. The molecular formula is C25H30Cl2N2O. The molecular weight excluding hydrogens is 415 g/mol. The lowest BCUT2D eigenvalue weighted by Gasteiger charge is -2.27. The standard InChI is InChI=1S/C25H30Cl2N2O/c1-17(28-25(30)11-10-23-14-19-12-13-29(23)16-19)24(20-4-8-22(27)9-5-20)15-18-2-6-21(26)7-3-18/h2-9,17,19,23-24H,10-16H2,1H3,(H,28,30). The number of rotatable bonds is 8. The fraction of sp³-hybridized carbons (Fsp3) is 0.480. The number of nitrogens with one attached hydrogen (secondary N) is 1. The van der Waals surface area contributed by atoms with Gasteiger partial charge in [-0.1, -0.05) is 47.5 Å². The molecule has 0 aliphatic carbocycles. The first-order valence-electron chi connectivity index (χ1n) is 11.0. The van der Waals surface area contributed by atoms with E-state index in [1.54, 1.807) is 0 Å². The summed E-state index contributed by atoms with van der Waals surface area (Å²) >= 11 is 12.2. The highest BCUT2D eigenvalue weighted by molar-refractivity contribution is 6.30. The quantitative estimate of drug-likeness (QED) is 0.566. The summed E-state index contributed by atoms with van der Waals surface area (Å²) in [6.07, 6.45) is 5.02. The molecule has 2 aromatic carbocycles. The normalized spacial score (nSPS) is 24.6. The highest BCUT2D eigenvalue weighted by Crippen LogP contribution is 2.34. The number of halogens is 2. The summed E-state index contributed by atoms with van der Waals surface area (Å²) in [6.45, 7) is 4.56. The highest BCUT2D eigenvalue weighted by atomic mass is 35.5. The lowest BCUT2D eigenvalue weighted by Crippen LogP contribution is -2.39. The average Bonchev–Trinajstić information content (AvgIpc) is 3.36. The van der Waals surface area contributed by atoms with Crippen molar-refractivity contribution in [3.8, 4) is 0 Å². The molecule has 2 aliphatic rings. The molecule has 160 valence electrons. The molecule has 2 saturated heterocycles. The van der Waals surface area contributed by atoms with Crippen LogP contribution >= 0.6 is 23.2 Å². The Bertz CT molecular complexity index is 852. The van der Waals surface area contributed by atoms with Gasteiger partial charge in [0.1, 0.15) is 0 Å². The Kier molecular flexibility index (Phi) is 7.02. The van der Waals surface area contributed by atoms with Crippen molar-refractivity contribution in [3.05, 3.63) is 69.7 Å². The molecule has 0 spiro atoms. The van der Waals surface area contributed by atoms with Crippen molar-refractivity contribution in [2.75, 3.05) is 13.1 Å². The Morgan fingerprint density at radius 3 is 2.37 bits per heavy atom. The summed E-state index contributed by atoms with van der Waals surface area (Å²) in [7, 11) is 0. The van der Waals surface area contributed by atoms with Crippen molar-refractivity contribution in [1.82, 2.24) is 10.2 Å². The van der Waals surface area contributed by atoms with Crippen LogP contribution in [0.25, 0.3) is 0 Å². The fourth-order valence-electron chi connectivity index (χ4n) is 5.11. The van der Waals surface area contributed by atoms with E-state index in [-0.39, 0.29) is 17.9 Å². The van der Waals surface area contributed by atoms with E-state index < -0.39 is 0 Å². The van der Waals surface area contributed by atoms with Gasteiger partial charge >= 0.3 is 0 Å². The van der Waals surface area contributed by atoms with E-state index in [9.17, 15) is 4.79 Å². The summed E-state index contributed by atoms with van der Waals surface area (Å²) in [5.41, 5.74) is 2.39. The second kappa shape index (κ2) is 9.72. The molecule has 2 fully saturated rings. The summed E-state index contributed by atoms with van der Waals surface area (Å²) in [6, 6.07) is 16.6.